The molecule has 0 aromatic carbocycles. The van der Waals surface area contributed by atoms with Gasteiger partial charge in [0.1, 0.15) is 12.1 Å². The molecule has 1 aliphatic rings. The molecule has 3 rings (SSSR count). The number of hydrogen-bond acceptors (Lipinski definition) is 4. The molecule has 0 bridgehead atoms. The average molecular weight is 289 g/mol. The van der Waals surface area contributed by atoms with Crippen LogP contribution in [0.1, 0.15) is 17.8 Å². The summed E-state index contributed by atoms with van der Waals surface area (Å²) >= 11 is 0. The van der Waals surface area contributed by atoms with E-state index >= 15 is 0 Å². The minimum absolute atomic E-state index is 0.163. The largest absolute Gasteiger partial charge is 0.362 e. The lowest BCUT2D eigenvalue weighted by atomic mass is 9.99. The van der Waals surface area contributed by atoms with Gasteiger partial charge in [0.15, 0.2) is 5.82 Å². The number of anilines is 1. The normalized spacial score (nSPS) is 17.3. The number of nitrogens with zero attached hydrogens (tertiary/aromatic N) is 4. The third-order valence-corrected chi connectivity index (χ3v) is 3.88. The zero-order valence-corrected chi connectivity index (χ0v) is 12.2. The van der Waals surface area contributed by atoms with Crippen molar-refractivity contribution in [1.82, 2.24) is 19.6 Å². The maximum atomic E-state index is 12.1. The quantitative estimate of drug-likeness (QED) is 0.936. The van der Waals surface area contributed by atoms with Crippen molar-refractivity contribution in [3.8, 4) is 0 Å². The van der Waals surface area contributed by atoms with Crippen LogP contribution in [0.5, 0.6) is 0 Å². The summed E-state index contributed by atoms with van der Waals surface area (Å²) in [4.78, 5) is 18.2. The van der Waals surface area contributed by atoms with E-state index < -0.39 is 0 Å². The van der Waals surface area contributed by atoms with Crippen LogP contribution in [-0.4, -0.2) is 39.2 Å². The first-order chi connectivity index (χ1) is 10.1. The van der Waals surface area contributed by atoms with Gasteiger partial charge >= 0.3 is 6.03 Å². The number of carbonyl (C=O) groups excluding carboxylic acids is 1. The van der Waals surface area contributed by atoms with E-state index in [1.165, 1.54) is 6.26 Å². The molecule has 1 atom stereocenters. The molecule has 112 valence electrons. The smallest absolute Gasteiger partial charge is 0.322 e. The number of hydrogen-bond donors (Lipinski definition) is 1. The maximum absolute atomic E-state index is 12.1. The van der Waals surface area contributed by atoms with Gasteiger partial charge in [0, 0.05) is 44.5 Å². The van der Waals surface area contributed by atoms with Crippen molar-refractivity contribution in [1.29, 1.82) is 0 Å². The Morgan fingerprint density at radius 1 is 1.62 bits per heavy atom. The topological polar surface area (TPSA) is 76.2 Å². The van der Waals surface area contributed by atoms with Crippen molar-refractivity contribution in [2.24, 2.45) is 5.92 Å². The van der Waals surface area contributed by atoms with Crippen LogP contribution >= 0.6 is 0 Å². The van der Waals surface area contributed by atoms with E-state index in [9.17, 15) is 4.79 Å². The lowest BCUT2D eigenvalue weighted by molar-refractivity contribution is 0.205. The predicted octanol–water partition coefficient (Wildman–Crippen LogP) is 1.91. The molecule has 2 aromatic rings. The molecule has 0 saturated carbocycles. The van der Waals surface area contributed by atoms with Crippen molar-refractivity contribution in [2.45, 2.75) is 26.3 Å². The molecule has 0 radical (unpaired) electrons. The van der Waals surface area contributed by atoms with Crippen molar-refractivity contribution >= 4 is 11.8 Å². The first-order valence-corrected chi connectivity index (χ1v) is 7.06. The number of carbonyl (C=O) groups is 1. The molecular formula is C14H19N5O2. The van der Waals surface area contributed by atoms with Gasteiger partial charge in [-0.1, -0.05) is 5.16 Å². The number of aryl methyl sites for hydroxylation is 2. The molecule has 7 heteroatoms. The Hall–Kier alpha value is -2.31. The van der Waals surface area contributed by atoms with Crippen molar-refractivity contribution in [3.63, 3.8) is 0 Å². The minimum atomic E-state index is -0.163. The molecule has 7 nitrogen and oxygen atoms in total. The number of aromatic nitrogens is 3. The molecule has 0 aliphatic carbocycles. The highest BCUT2D eigenvalue weighted by atomic mass is 16.5. The summed E-state index contributed by atoms with van der Waals surface area (Å²) in [5, 5.41) is 6.52. The van der Waals surface area contributed by atoms with Gasteiger partial charge in [-0.2, -0.15) is 0 Å². The number of urea groups is 1. The van der Waals surface area contributed by atoms with Crippen LogP contribution in [0.3, 0.4) is 0 Å². The van der Waals surface area contributed by atoms with E-state index in [1.807, 2.05) is 19.3 Å². The monoisotopic (exact) mass is 289 g/mol. The Labute approximate surface area is 122 Å². The molecule has 0 fully saturated rings. The summed E-state index contributed by atoms with van der Waals surface area (Å²) in [5.74, 6) is 2.06. The molecule has 2 amide bonds. The van der Waals surface area contributed by atoms with Gasteiger partial charge in [-0.3, -0.25) is 5.32 Å². The van der Waals surface area contributed by atoms with E-state index in [-0.39, 0.29) is 6.03 Å². The van der Waals surface area contributed by atoms with Crippen molar-refractivity contribution < 1.29 is 9.32 Å². The van der Waals surface area contributed by atoms with Crippen LogP contribution in [0.25, 0.3) is 0 Å². The van der Waals surface area contributed by atoms with E-state index in [4.69, 9.17) is 4.52 Å². The number of nitrogens with one attached hydrogen (secondary N) is 1. The van der Waals surface area contributed by atoms with Crippen LogP contribution in [0.2, 0.25) is 0 Å². The Balaban J connectivity index is 1.56. The zero-order valence-electron chi connectivity index (χ0n) is 12.2. The summed E-state index contributed by atoms with van der Waals surface area (Å²) in [6.45, 7) is 3.46. The van der Waals surface area contributed by atoms with E-state index in [0.717, 1.165) is 30.8 Å². The van der Waals surface area contributed by atoms with Gasteiger partial charge in [-0.05, 0) is 19.3 Å². The van der Waals surface area contributed by atoms with Crippen LogP contribution in [0.4, 0.5) is 10.6 Å². The van der Waals surface area contributed by atoms with E-state index in [2.05, 4.69) is 20.0 Å². The molecule has 1 N–H and O–H groups in total. The lowest BCUT2D eigenvalue weighted by Gasteiger charge is -2.28. The Morgan fingerprint density at radius 3 is 3.24 bits per heavy atom. The van der Waals surface area contributed by atoms with Gasteiger partial charge in [-0.15, -0.1) is 0 Å². The fourth-order valence-electron chi connectivity index (χ4n) is 2.66. The average Bonchev–Trinajstić information content (AvgIpc) is 3.07. The van der Waals surface area contributed by atoms with Crippen LogP contribution < -0.4 is 5.32 Å². The summed E-state index contributed by atoms with van der Waals surface area (Å²) < 4.78 is 6.98. The SMILES string of the molecule is Cc1conc1NC(=O)N(C)CC1CCc2nccn2C1. The van der Waals surface area contributed by atoms with Gasteiger partial charge in [0.2, 0.25) is 0 Å². The summed E-state index contributed by atoms with van der Waals surface area (Å²) in [7, 11) is 1.80. The summed E-state index contributed by atoms with van der Waals surface area (Å²) in [6.07, 6.45) is 7.37. The minimum Gasteiger partial charge on any atom is -0.362 e. The van der Waals surface area contributed by atoms with Gasteiger partial charge < -0.3 is 14.0 Å². The molecule has 21 heavy (non-hydrogen) atoms. The van der Waals surface area contributed by atoms with Crippen LogP contribution in [0, 0.1) is 12.8 Å². The molecule has 3 heterocycles. The molecule has 2 aromatic heterocycles. The van der Waals surface area contributed by atoms with Crippen molar-refractivity contribution in [3.05, 3.63) is 30.0 Å². The summed E-state index contributed by atoms with van der Waals surface area (Å²) in [6, 6.07) is -0.163. The fourth-order valence-corrected chi connectivity index (χ4v) is 2.66. The predicted molar refractivity (Wildman–Crippen MR) is 76.9 cm³/mol. The molecular weight excluding hydrogens is 270 g/mol. The second-order valence-corrected chi connectivity index (χ2v) is 5.56. The van der Waals surface area contributed by atoms with Gasteiger partial charge in [0.05, 0.1) is 0 Å². The second-order valence-electron chi connectivity index (χ2n) is 5.56. The molecule has 0 saturated heterocycles. The maximum Gasteiger partial charge on any atom is 0.322 e. The number of fused-ring (bicyclic) bond motifs is 1. The molecule has 1 aliphatic heterocycles. The second kappa shape index (κ2) is 5.59. The Bertz CT molecular complexity index is 633. The number of rotatable bonds is 3. The van der Waals surface area contributed by atoms with Crippen LogP contribution in [-0.2, 0) is 13.0 Å². The first kappa shape index (κ1) is 13.7. The standard InChI is InChI=1S/C14H19N5O2/c1-10-9-21-17-13(10)16-14(20)18(2)7-11-3-4-12-15-5-6-19(12)8-11/h5-6,9,11H,3-4,7-8H2,1-2H3,(H,16,17,20). The zero-order chi connectivity index (χ0) is 14.8. The number of amides is 2. The Kier molecular flexibility index (Phi) is 3.64. The Morgan fingerprint density at radius 2 is 2.48 bits per heavy atom. The number of imidazole rings is 1. The third kappa shape index (κ3) is 2.91. The highest BCUT2D eigenvalue weighted by Gasteiger charge is 2.22. The van der Waals surface area contributed by atoms with E-state index in [0.29, 0.717) is 18.3 Å². The highest BCUT2D eigenvalue weighted by molar-refractivity contribution is 5.88. The van der Waals surface area contributed by atoms with Crippen molar-refractivity contribution in [2.75, 3.05) is 18.9 Å². The lowest BCUT2D eigenvalue weighted by Crippen LogP contribution is -2.38. The van der Waals surface area contributed by atoms with Crippen LogP contribution in [0.15, 0.2) is 23.2 Å². The third-order valence-electron chi connectivity index (χ3n) is 3.88. The summed E-state index contributed by atoms with van der Waals surface area (Å²) in [5.41, 5.74) is 0.817. The van der Waals surface area contributed by atoms with Gasteiger partial charge in [-0.25, -0.2) is 9.78 Å². The highest BCUT2D eigenvalue weighted by Crippen LogP contribution is 2.20. The molecule has 1 unspecified atom stereocenters. The van der Waals surface area contributed by atoms with Gasteiger partial charge in [0.25, 0.3) is 0 Å². The fraction of sp³-hybridized carbons (Fsp3) is 0.500. The first-order valence-electron chi connectivity index (χ1n) is 7.06. The van der Waals surface area contributed by atoms with E-state index in [1.54, 1.807) is 11.9 Å². The molecule has 0 spiro atoms.